The van der Waals surface area contributed by atoms with Crippen molar-refractivity contribution in [3.63, 3.8) is 0 Å². The van der Waals surface area contributed by atoms with Crippen LogP contribution in [0.2, 0.25) is 0 Å². The van der Waals surface area contributed by atoms with E-state index < -0.39 is 0 Å². The van der Waals surface area contributed by atoms with Crippen LogP contribution < -0.4 is 5.32 Å². The van der Waals surface area contributed by atoms with Gasteiger partial charge in [0.2, 0.25) is 0 Å². The first-order valence-corrected chi connectivity index (χ1v) is 7.28. The normalized spacial score (nSPS) is 14.5. The van der Waals surface area contributed by atoms with Crippen LogP contribution in [0, 0.1) is 0 Å². The highest BCUT2D eigenvalue weighted by molar-refractivity contribution is 7.99. The number of thioether (sulfide) groups is 1. The highest BCUT2D eigenvalue weighted by atomic mass is 32.2. The third-order valence-electron chi connectivity index (χ3n) is 2.90. The van der Waals surface area contributed by atoms with Crippen molar-refractivity contribution < 1.29 is 9.53 Å². The summed E-state index contributed by atoms with van der Waals surface area (Å²) in [4.78, 5) is 12.2. The van der Waals surface area contributed by atoms with Crippen molar-refractivity contribution in [1.29, 1.82) is 0 Å². The maximum Gasteiger partial charge on any atom is 0.306 e. The minimum Gasteiger partial charge on any atom is -0.469 e. The molecule has 1 fully saturated rings. The molecule has 98 valence electrons. The van der Waals surface area contributed by atoms with Gasteiger partial charge in [-0.3, -0.25) is 4.79 Å². The average Bonchev–Trinajstić information content (AvgIpc) is 3.21. The number of carbonyl (C=O) groups is 1. The Kier molecular flexibility index (Phi) is 5.08. The van der Waals surface area contributed by atoms with Gasteiger partial charge in [0.15, 0.2) is 0 Å². The van der Waals surface area contributed by atoms with Crippen LogP contribution >= 0.6 is 11.8 Å². The van der Waals surface area contributed by atoms with Gasteiger partial charge in [-0.15, -0.1) is 11.8 Å². The van der Waals surface area contributed by atoms with E-state index in [2.05, 4.69) is 34.3 Å². The van der Waals surface area contributed by atoms with Crippen LogP contribution in [0.1, 0.15) is 24.8 Å². The second-order valence-electron chi connectivity index (χ2n) is 4.47. The third-order valence-corrected chi connectivity index (χ3v) is 3.91. The molecule has 0 heterocycles. The van der Waals surface area contributed by atoms with Gasteiger partial charge in [-0.1, -0.05) is 12.1 Å². The molecule has 0 atom stereocenters. The molecular weight excluding hydrogens is 246 g/mol. The quantitative estimate of drug-likeness (QED) is 0.607. The van der Waals surface area contributed by atoms with E-state index in [4.69, 9.17) is 0 Å². The Balaban J connectivity index is 1.70. The SMILES string of the molecule is COC(=O)CCSc1ccc(CNC2CC2)cc1. The first kappa shape index (κ1) is 13.4. The summed E-state index contributed by atoms with van der Waals surface area (Å²) >= 11 is 1.69. The molecule has 1 saturated carbocycles. The Hall–Kier alpha value is -1.00. The van der Waals surface area contributed by atoms with Gasteiger partial charge in [-0.25, -0.2) is 0 Å². The van der Waals surface area contributed by atoms with E-state index in [1.807, 2.05) is 0 Å². The van der Waals surface area contributed by atoms with Crippen molar-refractivity contribution in [1.82, 2.24) is 5.32 Å². The molecule has 0 spiro atoms. The Morgan fingerprint density at radius 2 is 2.11 bits per heavy atom. The number of rotatable bonds is 7. The summed E-state index contributed by atoms with van der Waals surface area (Å²) in [5.74, 6) is 0.625. The summed E-state index contributed by atoms with van der Waals surface area (Å²) in [6, 6.07) is 9.28. The predicted molar refractivity (Wildman–Crippen MR) is 73.7 cm³/mol. The average molecular weight is 265 g/mol. The Bertz CT molecular complexity index is 387. The smallest absolute Gasteiger partial charge is 0.306 e. The van der Waals surface area contributed by atoms with Gasteiger partial charge in [-0.2, -0.15) is 0 Å². The molecule has 0 aliphatic heterocycles. The summed E-state index contributed by atoms with van der Waals surface area (Å²) < 4.78 is 4.61. The number of nitrogens with one attached hydrogen (secondary N) is 1. The van der Waals surface area contributed by atoms with Crippen LogP contribution in [-0.4, -0.2) is 24.9 Å². The van der Waals surface area contributed by atoms with Crippen molar-refractivity contribution in [2.75, 3.05) is 12.9 Å². The Morgan fingerprint density at radius 1 is 1.39 bits per heavy atom. The number of carbonyl (C=O) groups excluding carboxylic acids is 1. The zero-order valence-electron chi connectivity index (χ0n) is 10.6. The highest BCUT2D eigenvalue weighted by Gasteiger charge is 2.19. The molecule has 3 nitrogen and oxygen atoms in total. The number of benzene rings is 1. The van der Waals surface area contributed by atoms with Gasteiger partial charge in [0.05, 0.1) is 13.5 Å². The van der Waals surface area contributed by atoms with Gasteiger partial charge < -0.3 is 10.1 Å². The lowest BCUT2D eigenvalue weighted by Crippen LogP contribution is -2.14. The monoisotopic (exact) mass is 265 g/mol. The maximum atomic E-state index is 11.0. The molecule has 0 aromatic heterocycles. The molecule has 0 amide bonds. The van der Waals surface area contributed by atoms with Crippen LogP contribution in [-0.2, 0) is 16.1 Å². The Morgan fingerprint density at radius 3 is 2.72 bits per heavy atom. The molecule has 1 aliphatic rings. The van der Waals surface area contributed by atoms with E-state index in [9.17, 15) is 4.79 Å². The van der Waals surface area contributed by atoms with Gasteiger partial charge in [0, 0.05) is 23.2 Å². The van der Waals surface area contributed by atoms with Crippen LogP contribution in [0.5, 0.6) is 0 Å². The molecule has 18 heavy (non-hydrogen) atoms. The summed E-state index contributed by atoms with van der Waals surface area (Å²) in [6.07, 6.45) is 3.11. The molecule has 1 aromatic carbocycles. The minimum absolute atomic E-state index is 0.146. The lowest BCUT2D eigenvalue weighted by atomic mass is 10.2. The van der Waals surface area contributed by atoms with Gasteiger partial charge in [0.25, 0.3) is 0 Å². The number of hydrogen-bond donors (Lipinski definition) is 1. The van der Waals surface area contributed by atoms with Gasteiger partial charge in [0.1, 0.15) is 0 Å². The van der Waals surface area contributed by atoms with E-state index >= 15 is 0 Å². The molecule has 1 aliphatic carbocycles. The topological polar surface area (TPSA) is 38.3 Å². The summed E-state index contributed by atoms with van der Waals surface area (Å²) in [5, 5.41) is 3.49. The fraction of sp³-hybridized carbons (Fsp3) is 0.500. The van der Waals surface area contributed by atoms with E-state index in [1.54, 1.807) is 11.8 Å². The first-order valence-electron chi connectivity index (χ1n) is 6.30. The molecule has 0 radical (unpaired) electrons. The lowest BCUT2D eigenvalue weighted by molar-refractivity contribution is -0.140. The molecular formula is C14H19NO2S. The largest absolute Gasteiger partial charge is 0.469 e. The highest BCUT2D eigenvalue weighted by Crippen LogP contribution is 2.21. The number of esters is 1. The minimum atomic E-state index is -0.146. The van der Waals surface area contributed by atoms with Crippen molar-refractivity contribution in [3.8, 4) is 0 Å². The molecule has 1 aromatic rings. The van der Waals surface area contributed by atoms with Crippen LogP contribution in [0.25, 0.3) is 0 Å². The van der Waals surface area contributed by atoms with Crippen LogP contribution in [0.3, 0.4) is 0 Å². The summed E-state index contributed by atoms with van der Waals surface area (Å²) in [7, 11) is 1.43. The second kappa shape index (κ2) is 6.81. The molecule has 1 N–H and O–H groups in total. The first-order chi connectivity index (χ1) is 8.78. The molecule has 4 heteroatoms. The fourth-order valence-electron chi connectivity index (χ4n) is 1.61. The fourth-order valence-corrected chi connectivity index (χ4v) is 2.44. The second-order valence-corrected chi connectivity index (χ2v) is 5.64. The number of methoxy groups -OCH3 is 1. The van der Waals surface area contributed by atoms with E-state index in [0.717, 1.165) is 18.3 Å². The zero-order valence-corrected chi connectivity index (χ0v) is 11.5. The van der Waals surface area contributed by atoms with Crippen LogP contribution in [0.15, 0.2) is 29.2 Å². The van der Waals surface area contributed by atoms with Crippen molar-refractivity contribution in [3.05, 3.63) is 29.8 Å². The van der Waals surface area contributed by atoms with Crippen molar-refractivity contribution >= 4 is 17.7 Å². The molecule has 2 rings (SSSR count). The molecule has 0 unspecified atom stereocenters. The van der Waals surface area contributed by atoms with Gasteiger partial charge >= 0.3 is 5.97 Å². The predicted octanol–water partition coefficient (Wildman–Crippen LogP) is 2.59. The van der Waals surface area contributed by atoms with Crippen LogP contribution in [0.4, 0.5) is 0 Å². The number of ether oxygens (including phenoxy) is 1. The van der Waals surface area contributed by atoms with E-state index in [1.165, 1.54) is 30.4 Å². The lowest BCUT2D eigenvalue weighted by Gasteiger charge is -2.05. The third kappa shape index (κ3) is 4.70. The summed E-state index contributed by atoms with van der Waals surface area (Å²) in [6.45, 7) is 0.956. The van der Waals surface area contributed by atoms with Gasteiger partial charge in [-0.05, 0) is 30.5 Å². The standard InChI is InChI=1S/C14H19NO2S/c1-17-14(16)8-9-18-13-6-2-11(3-7-13)10-15-12-4-5-12/h2-3,6-7,12,15H,4-5,8-10H2,1H3. The van der Waals surface area contributed by atoms with E-state index in [0.29, 0.717) is 6.42 Å². The van der Waals surface area contributed by atoms with Crippen molar-refractivity contribution in [2.24, 2.45) is 0 Å². The zero-order chi connectivity index (χ0) is 12.8. The Labute approximate surface area is 112 Å². The molecule has 0 bridgehead atoms. The van der Waals surface area contributed by atoms with Crippen molar-refractivity contribution in [2.45, 2.75) is 36.7 Å². The van der Waals surface area contributed by atoms with E-state index in [-0.39, 0.29) is 5.97 Å². The maximum absolute atomic E-state index is 11.0. The summed E-state index contributed by atoms with van der Waals surface area (Å²) in [5.41, 5.74) is 1.32. The number of hydrogen-bond acceptors (Lipinski definition) is 4. The molecule has 0 saturated heterocycles.